The first kappa shape index (κ1) is 13.0. The van der Waals surface area contributed by atoms with Crippen LogP contribution in [0.15, 0.2) is 0 Å². The zero-order chi connectivity index (χ0) is 9.94. The molecule has 0 amide bonds. The van der Waals surface area contributed by atoms with Crippen LogP contribution in [0, 0.1) is 5.75 Å². The van der Waals surface area contributed by atoms with E-state index in [1.54, 1.807) is 0 Å². The van der Waals surface area contributed by atoms with E-state index in [4.69, 9.17) is 0 Å². The van der Waals surface area contributed by atoms with Crippen LogP contribution >= 0.6 is 11.8 Å². The van der Waals surface area contributed by atoms with Crippen LogP contribution in [0.5, 0.6) is 0 Å². The van der Waals surface area contributed by atoms with E-state index in [2.05, 4.69) is 13.8 Å². The van der Waals surface area contributed by atoms with Gasteiger partial charge in [0.05, 0.1) is 0 Å². The monoisotopic (exact) mass is 201 g/mol. The van der Waals surface area contributed by atoms with E-state index < -0.39 is 0 Å². The average Bonchev–Trinajstić information content (AvgIpc) is 2.14. The Kier molecular flexibility index (Phi) is 10.1. The van der Waals surface area contributed by atoms with Crippen molar-refractivity contribution in [3.63, 3.8) is 0 Å². The molecule has 0 aliphatic rings. The first-order valence-electron chi connectivity index (χ1n) is 5.32. The Balaban J connectivity index is 3.08. The highest BCUT2D eigenvalue weighted by Crippen LogP contribution is 2.14. The van der Waals surface area contributed by atoms with Crippen molar-refractivity contribution in [2.24, 2.45) is 0 Å². The van der Waals surface area contributed by atoms with Crippen molar-refractivity contribution in [3.05, 3.63) is 5.75 Å². The van der Waals surface area contributed by atoms with Gasteiger partial charge in [-0.2, -0.15) is 0 Å². The lowest BCUT2D eigenvalue weighted by molar-refractivity contribution is -0.111. The first-order chi connectivity index (χ1) is 6.31. The lowest BCUT2D eigenvalue weighted by atomic mass is 10.1. The maximum atomic E-state index is 11.2. The highest BCUT2D eigenvalue weighted by Gasteiger charge is 2.00. The molecular formula is C11H21OS. The van der Waals surface area contributed by atoms with Crippen LogP contribution in [-0.4, -0.2) is 5.12 Å². The molecular weight excluding hydrogens is 180 g/mol. The molecule has 1 radical (unpaired) electrons. The summed E-state index contributed by atoms with van der Waals surface area (Å²) in [6, 6.07) is 0. The molecule has 0 fully saturated rings. The third-order valence-electron chi connectivity index (χ3n) is 1.87. The van der Waals surface area contributed by atoms with Crippen molar-refractivity contribution in [2.75, 3.05) is 0 Å². The van der Waals surface area contributed by atoms with Gasteiger partial charge in [-0.15, -0.1) is 0 Å². The fourth-order valence-corrected chi connectivity index (χ4v) is 1.72. The van der Waals surface area contributed by atoms with Gasteiger partial charge in [0.15, 0.2) is 5.12 Å². The van der Waals surface area contributed by atoms with E-state index in [0.717, 1.165) is 19.3 Å². The molecule has 1 nitrogen and oxygen atoms in total. The molecule has 0 aliphatic carbocycles. The minimum absolute atomic E-state index is 0.332. The Morgan fingerprint density at radius 1 is 1.15 bits per heavy atom. The van der Waals surface area contributed by atoms with E-state index in [0.29, 0.717) is 5.12 Å². The Bertz CT molecular complexity index is 123. The minimum atomic E-state index is 0.332. The number of carbonyl (C=O) groups excluding carboxylic acids is 1. The molecule has 0 N–H and O–H groups in total. The van der Waals surface area contributed by atoms with E-state index in [1.165, 1.54) is 37.4 Å². The van der Waals surface area contributed by atoms with E-state index in [9.17, 15) is 4.79 Å². The van der Waals surface area contributed by atoms with Crippen LogP contribution in [0.1, 0.15) is 58.8 Å². The fraction of sp³-hybridized carbons (Fsp3) is 0.818. The lowest BCUT2D eigenvalue weighted by Crippen LogP contribution is -1.90. The molecule has 0 unspecified atom stereocenters. The Morgan fingerprint density at radius 3 is 2.46 bits per heavy atom. The topological polar surface area (TPSA) is 17.1 Å². The van der Waals surface area contributed by atoms with Crippen molar-refractivity contribution in [3.8, 4) is 0 Å². The predicted octanol–water partition coefficient (Wildman–Crippen LogP) is 4.18. The number of hydrogen-bond donors (Lipinski definition) is 0. The Hall–Kier alpha value is 0.0200. The van der Waals surface area contributed by atoms with Crippen LogP contribution in [0.25, 0.3) is 0 Å². The van der Waals surface area contributed by atoms with E-state index in [1.807, 2.05) is 5.75 Å². The average molecular weight is 201 g/mol. The van der Waals surface area contributed by atoms with Gasteiger partial charge in [0.25, 0.3) is 0 Å². The smallest absolute Gasteiger partial charge is 0.189 e. The zero-order valence-electron chi connectivity index (χ0n) is 8.84. The third-order valence-corrected chi connectivity index (χ3v) is 2.83. The molecule has 0 saturated carbocycles. The second-order valence-corrected chi connectivity index (χ2v) is 4.25. The summed E-state index contributed by atoms with van der Waals surface area (Å²) in [7, 11) is 0. The van der Waals surface area contributed by atoms with Gasteiger partial charge in [-0.25, -0.2) is 0 Å². The van der Waals surface area contributed by atoms with Gasteiger partial charge in [0.1, 0.15) is 0 Å². The highest BCUT2D eigenvalue weighted by molar-refractivity contribution is 8.15. The van der Waals surface area contributed by atoms with Gasteiger partial charge in [0, 0.05) is 12.2 Å². The minimum Gasteiger partial charge on any atom is -0.287 e. The summed E-state index contributed by atoms with van der Waals surface area (Å²) in [4.78, 5) is 11.2. The number of rotatable bonds is 8. The molecule has 0 rings (SSSR count). The standard InChI is InChI=1S/C11H21OS/c1-3-5-6-7-8-9-11(12)13-10-4-2/h10H,3-9H2,1-2H3. The largest absolute Gasteiger partial charge is 0.287 e. The van der Waals surface area contributed by atoms with Gasteiger partial charge in [0.2, 0.25) is 0 Å². The Morgan fingerprint density at radius 2 is 1.85 bits per heavy atom. The van der Waals surface area contributed by atoms with Crippen molar-refractivity contribution >= 4 is 16.9 Å². The van der Waals surface area contributed by atoms with Crippen LogP contribution < -0.4 is 0 Å². The Labute approximate surface area is 86.7 Å². The summed E-state index contributed by atoms with van der Waals surface area (Å²) >= 11 is 1.38. The molecule has 0 aliphatic heterocycles. The third kappa shape index (κ3) is 9.94. The highest BCUT2D eigenvalue weighted by atomic mass is 32.2. The second kappa shape index (κ2) is 10.1. The van der Waals surface area contributed by atoms with Crippen LogP contribution in [0.3, 0.4) is 0 Å². The molecule has 0 atom stereocenters. The quantitative estimate of drug-likeness (QED) is 0.548. The molecule has 0 aromatic carbocycles. The SMILES string of the molecule is CC[CH]SC(=O)CCCCCCC. The molecule has 13 heavy (non-hydrogen) atoms. The fourth-order valence-electron chi connectivity index (χ4n) is 1.11. The first-order valence-corrected chi connectivity index (χ1v) is 6.20. The molecule has 0 heterocycles. The van der Waals surface area contributed by atoms with E-state index in [-0.39, 0.29) is 0 Å². The van der Waals surface area contributed by atoms with Gasteiger partial charge in [-0.3, -0.25) is 4.79 Å². The molecule has 0 saturated heterocycles. The van der Waals surface area contributed by atoms with Gasteiger partial charge >= 0.3 is 0 Å². The summed E-state index contributed by atoms with van der Waals surface area (Å²) in [5.74, 6) is 1.98. The summed E-state index contributed by atoms with van der Waals surface area (Å²) < 4.78 is 0. The molecule has 0 spiro atoms. The predicted molar refractivity (Wildman–Crippen MR) is 60.6 cm³/mol. The molecule has 0 aromatic heterocycles. The van der Waals surface area contributed by atoms with Crippen molar-refractivity contribution in [2.45, 2.75) is 58.8 Å². The second-order valence-electron chi connectivity index (χ2n) is 3.23. The normalized spacial score (nSPS) is 10.3. The molecule has 0 aromatic rings. The van der Waals surface area contributed by atoms with Crippen molar-refractivity contribution < 1.29 is 4.79 Å². The van der Waals surface area contributed by atoms with Crippen molar-refractivity contribution in [1.29, 1.82) is 0 Å². The number of carbonyl (C=O) groups is 1. The number of hydrogen-bond acceptors (Lipinski definition) is 2. The maximum Gasteiger partial charge on any atom is 0.189 e. The summed E-state index contributed by atoms with van der Waals surface area (Å²) in [6.07, 6.45) is 7.88. The van der Waals surface area contributed by atoms with Gasteiger partial charge in [-0.1, -0.05) is 51.3 Å². The zero-order valence-corrected chi connectivity index (χ0v) is 9.66. The van der Waals surface area contributed by atoms with Crippen LogP contribution in [0.4, 0.5) is 0 Å². The van der Waals surface area contributed by atoms with Crippen molar-refractivity contribution in [1.82, 2.24) is 0 Å². The number of thioether (sulfide) groups is 1. The summed E-state index contributed by atoms with van der Waals surface area (Å²) in [5.41, 5.74) is 0. The maximum absolute atomic E-state index is 11.2. The van der Waals surface area contributed by atoms with Crippen LogP contribution in [-0.2, 0) is 4.79 Å². The summed E-state index contributed by atoms with van der Waals surface area (Å²) in [5, 5.41) is 0.332. The molecule has 77 valence electrons. The number of unbranched alkanes of at least 4 members (excludes halogenated alkanes) is 4. The van der Waals surface area contributed by atoms with Gasteiger partial charge in [-0.05, 0) is 12.8 Å². The van der Waals surface area contributed by atoms with Crippen LogP contribution in [0.2, 0.25) is 0 Å². The lowest BCUT2D eigenvalue weighted by Gasteiger charge is -1.99. The molecule has 0 bridgehead atoms. The van der Waals surface area contributed by atoms with Gasteiger partial charge < -0.3 is 0 Å². The van der Waals surface area contributed by atoms with E-state index >= 15 is 0 Å². The summed E-state index contributed by atoms with van der Waals surface area (Å²) in [6.45, 7) is 4.26. The molecule has 2 heteroatoms.